The zero-order chi connectivity index (χ0) is 17.3. The van der Waals surface area contributed by atoms with Crippen LogP contribution in [0.2, 0.25) is 0 Å². The molecule has 1 amide bonds. The lowest BCUT2D eigenvalue weighted by Crippen LogP contribution is -2.41. The first kappa shape index (κ1) is 16.6. The Labute approximate surface area is 139 Å². The van der Waals surface area contributed by atoms with E-state index >= 15 is 0 Å². The van der Waals surface area contributed by atoms with E-state index in [2.05, 4.69) is 20.4 Å². The van der Waals surface area contributed by atoms with Crippen LogP contribution in [0.1, 0.15) is 42.4 Å². The summed E-state index contributed by atoms with van der Waals surface area (Å²) in [6, 6.07) is 5.36. The summed E-state index contributed by atoms with van der Waals surface area (Å²) in [5, 5.41) is 9.38. The molecule has 2 atom stereocenters. The third-order valence-electron chi connectivity index (χ3n) is 4.45. The van der Waals surface area contributed by atoms with E-state index in [1.807, 2.05) is 13.8 Å². The Morgan fingerprint density at radius 1 is 1.33 bits per heavy atom. The maximum atomic E-state index is 13.7. The van der Waals surface area contributed by atoms with Crippen LogP contribution in [-0.2, 0) is 0 Å². The van der Waals surface area contributed by atoms with Crippen molar-refractivity contribution in [2.24, 2.45) is 0 Å². The second kappa shape index (κ2) is 6.68. The summed E-state index contributed by atoms with van der Waals surface area (Å²) < 4.78 is 26.9. The van der Waals surface area contributed by atoms with Crippen LogP contribution in [0, 0.1) is 11.6 Å². The van der Waals surface area contributed by atoms with Crippen molar-refractivity contribution < 1.29 is 13.6 Å². The number of amides is 1. The van der Waals surface area contributed by atoms with Gasteiger partial charge in [-0.3, -0.25) is 14.8 Å². The van der Waals surface area contributed by atoms with E-state index in [-0.39, 0.29) is 24.0 Å². The van der Waals surface area contributed by atoms with Crippen LogP contribution in [-0.4, -0.2) is 39.6 Å². The number of hydrogen-bond acceptors (Lipinski definition) is 3. The van der Waals surface area contributed by atoms with Crippen molar-refractivity contribution in [3.63, 3.8) is 0 Å². The number of rotatable bonds is 4. The van der Waals surface area contributed by atoms with Gasteiger partial charge in [0, 0.05) is 18.8 Å². The number of carbonyl (C=O) groups excluding carboxylic acids is 1. The highest BCUT2D eigenvalue weighted by atomic mass is 19.2. The van der Waals surface area contributed by atoms with Crippen LogP contribution in [0.5, 0.6) is 0 Å². The zero-order valence-corrected chi connectivity index (χ0v) is 13.6. The predicted molar refractivity (Wildman–Crippen MR) is 85.4 cm³/mol. The van der Waals surface area contributed by atoms with Crippen LogP contribution < -0.4 is 5.32 Å². The van der Waals surface area contributed by atoms with Gasteiger partial charge in [-0.15, -0.1) is 0 Å². The summed E-state index contributed by atoms with van der Waals surface area (Å²) in [6.45, 7) is 4.87. The summed E-state index contributed by atoms with van der Waals surface area (Å²) >= 11 is 0. The molecule has 1 aromatic heterocycles. The first-order chi connectivity index (χ1) is 11.5. The third-order valence-corrected chi connectivity index (χ3v) is 4.45. The molecule has 1 fully saturated rings. The smallest absolute Gasteiger partial charge is 0.269 e. The van der Waals surface area contributed by atoms with Crippen molar-refractivity contribution in [3.8, 4) is 0 Å². The highest BCUT2D eigenvalue weighted by Crippen LogP contribution is 2.34. The number of benzene rings is 1. The Kier molecular flexibility index (Phi) is 4.62. The fourth-order valence-electron chi connectivity index (χ4n) is 3.30. The number of nitrogens with one attached hydrogen (secondary N) is 2. The maximum absolute atomic E-state index is 13.7. The number of halogens is 2. The molecule has 0 saturated carbocycles. The first-order valence-corrected chi connectivity index (χ1v) is 7.98. The number of H-pyrrole nitrogens is 1. The molecule has 24 heavy (non-hydrogen) atoms. The molecular formula is C17H20F2N4O. The van der Waals surface area contributed by atoms with Gasteiger partial charge in [0.05, 0.1) is 12.1 Å². The SMILES string of the molecule is CC(C)N1CC[C@H](NC(=O)c2ccn[nH]2)[C@H]1c1ccc(F)c(F)c1. The molecule has 7 heteroatoms. The number of carbonyl (C=O) groups is 1. The molecule has 1 aliphatic heterocycles. The van der Waals surface area contributed by atoms with Crippen molar-refractivity contribution >= 4 is 5.91 Å². The molecule has 0 aliphatic carbocycles. The second-order valence-corrected chi connectivity index (χ2v) is 6.29. The molecular weight excluding hydrogens is 314 g/mol. The standard InChI is InChI=1S/C17H20F2N4O/c1-10(2)23-8-6-14(21-17(24)15-5-7-20-22-15)16(23)11-3-4-12(18)13(19)9-11/h3-5,7,9-10,14,16H,6,8H2,1-2H3,(H,20,22)(H,21,24)/t14-,16+/m0/s1. The van der Waals surface area contributed by atoms with Gasteiger partial charge in [0.1, 0.15) is 5.69 Å². The van der Waals surface area contributed by atoms with Gasteiger partial charge < -0.3 is 5.32 Å². The fraction of sp³-hybridized carbons (Fsp3) is 0.412. The summed E-state index contributed by atoms with van der Waals surface area (Å²) in [5.74, 6) is -2.00. The molecule has 0 spiro atoms. The predicted octanol–water partition coefficient (Wildman–Crippen LogP) is 2.64. The molecule has 1 aliphatic rings. The largest absolute Gasteiger partial charge is 0.346 e. The zero-order valence-electron chi connectivity index (χ0n) is 13.6. The fourth-order valence-corrected chi connectivity index (χ4v) is 3.30. The lowest BCUT2D eigenvalue weighted by molar-refractivity contribution is 0.0914. The average Bonchev–Trinajstić information content (AvgIpc) is 3.19. The number of aromatic nitrogens is 2. The summed E-state index contributed by atoms with van der Waals surface area (Å²) in [7, 11) is 0. The third kappa shape index (κ3) is 3.17. The van der Waals surface area contributed by atoms with E-state index in [0.29, 0.717) is 11.3 Å². The van der Waals surface area contributed by atoms with Crippen molar-refractivity contribution in [1.82, 2.24) is 20.4 Å². The minimum absolute atomic E-state index is 0.187. The minimum Gasteiger partial charge on any atom is -0.346 e. The van der Waals surface area contributed by atoms with Crippen LogP contribution in [0.4, 0.5) is 8.78 Å². The van der Waals surface area contributed by atoms with Gasteiger partial charge in [0.15, 0.2) is 11.6 Å². The molecule has 2 heterocycles. The highest BCUT2D eigenvalue weighted by molar-refractivity contribution is 5.92. The molecule has 0 bridgehead atoms. The Balaban J connectivity index is 1.87. The Bertz CT molecular complexity index is 717. The number of hydrogen-bond donors (Lipinski definition) is 2. The van der Waals surface area contributed by atoms with E-state index in [0.717, 1.165) is 19.0 Å². The molecule has 0 radical (unpaired) electrons. The van der Waals surface area contributed by atoms with Gasteiger partial charge >= 0.3 is 0 Å². The van der Waals surface area contributed by atoms with Crippen molar-refractivity contribution in [2.45, 2.75) is 38.4 Å². The molecule has 2 N–H and O–H groups in total. The van der Waals surface area contributed by atoms with Gasteiger partial charge in [-0.05, 0) is 44.0 Å². The monoisotopic (exact) mass is 334 g/mol. The lowest BCUT2D eigenvalue weighted by Gasteiger charge is -2.32. The minimum atomic E-state index is -0.873. The van der Waals surface area contributed by atoms with E-state index in [1.165, 1.54) is 12.3 Å². The quantitative estimate of drug-likeness (QED) is 0.904. The summed E-state index contributed by atoms with van der Waals surface area (Å²) in [4.78, 5) is 14.5. The molecule has 2 aromatic rings. The number of aromatic amines is 1. The van der Waals surface area contributed by atoms with E-state index in [9.17, 15) is 13.6 Å². The molecule has 5 nitrogen and oxygen atoms in total. The first-order valence-electron chi connectivity index (χ1n) is 7.98. The molecule has 3 rings (SSSR count). The van der Waals surface area contributed by atoms with Crippen molar-refractivity contribution in [1.29, 1.82) is 0 Å². The lowest BCUT2D eigenvalue weighted by atomic mass is 9.99. The molecule has 128 valence electrons. The van der Waals surface area contributed by atoms with Crippen molar-refractivity contribution in [2.75, 3.05) is 6.54 Å². The molecule has 1 saturated heterocycles. The Morgan fingerprint density at radius 3 is 2.75 bits per heavy atom. The normalized spacial score (nSPS) is 21.4. The van der Waals surface area contributed by atoms with Crippen LogP contribution >= 0.6 is 0 Å². The molecule has 1 aromatic carbocycles. The van der Waals surface area contributed by atoms with Crippen LogP contribution in [0.15, 0.2) is 30.5 Å². The number of likely N-dealkylation sites (tertiary alicyclic amines) is 1. The van der Waals surface area contributed by atoms with E-state index in [1.54, 1.807) is 12.1 Å². The van der Waals surface area contributed by atoms with Gasteiger partial charge in [-0.25, -0.2) is 8.78 Å². The molecule has 0 unspecified atom stereocenters. The van der Waals surface area contributed by atoms with Crippen LogP contribution in [0.25, 0.3) is 0 Å². The topological polar surface area (TPSA) is 61.0 Å². The number of nitrogens with zero attached hydrogens (tertiary/aromatic N) is 2. The van der Waals surface area contributed by atoms with Gasteiger partial charge in [-0.2, -0.15) is 5.10 Å². The van der Waals surface area contributed by atoms with E-state index in [4.69, 9.17) is 0 Å². The van der Waals surface area contributed by atoms with Crippen LogP contribution in [0.3, 0.4) is 0 Å². The Morgan fingerprint density at radius 2 is 2.12 bits per heavy atom. The van der Waals surface area contributed by atoms with E-state index < -0.39 is 11.6 Å². The van der Waals surface area contributed by atoms with Gasteiger partial charge in [0.2, 0.25) is 0 Å². The maximum Gasteiger partial charge on any atom is 0.269 e. The highest BCUT2D eigenvalue weighted by Gasteiger charge is 2.38. The van der Waals surface area contributed by atoms with Gasteiger partial charge in [0.25, 0.3) is 5.91 Å². The Hall–Kier alpha value is -2.28. The summed E-state index contributed by atoms with van der Waals surface area (Å²) in [5.41, 5.74) is 1.04. The summed E-state index contributed by atoms with van der Waals surface area (Å²) in [6.07, 6.45) is 2.25. The second-order valence-electron chi connectivity index (χ2n) is 6.29. The average molecular weight is 334 g/mol. The van der Waals surface area contributed by atoms with Crippen molar-refractivity contribution in [3.05, 3.63) is 53.4 Å². The van der Waals surface area contributed by atoms with Gasteiger partial charge in [-0.1, -0.05) is 6.07 Å².